The molecule has 1 fully saturated rings. The van der Waals surface area contributed by atoms with E-state index in [2.05, 4.69) is 22.1 Å². The number of hydrogen-bond donors (Lipinski definition) is 1. The number of nitrogens with zero attached hydrogens (tertiary/aromatic N) is 4. The average Bonchev–Trinajstić information content (AvgIpc) is 3.20. The Morgan fingerprint density at radius 3 is 2.66 bits per heavy atom. The predicted molar refractivity (Wildman–Crippen MR) is 129 cm³/mol. The van der Waals surface area contributed by atoms with Crippen LogP contribution < -0.4 is 21.5 Å². The number of rotatable bonds is 6. The normalized spacial score (nSPS) is 14.8. The number of aromatic nitrogens is 3. The lowest BCUT2D eigenvalue weighted by Crippen LogP contribution is -2.41. The summed E-state index contributed by atoms with van der Waals surface area (Å²) in [6, 6.07) is 7.48. The van der Waals surface area contributed by atoms with Gasteiger partial charge in [-0.05, 0) is 49.8 Å². The fourth-order valence-corrected chi connectivity index (χ4v) is 5.11. The van der Waals surface area contributed by atoms with Crippen LogP contribution in [0.3, 0.4) is 0 Å². The fourth-order valence-electron chi connectivity index (χ4n) is 4.03. The van der Waals surface area contributed by atoms with Gasteiger partial charge in [-0.15, -0.1) is 0 Å². The summed E-state index contributed by atoms with van der Waals surface area (Å²) in [5.41, 5.74) is 1.18. The van der Waals surface area contributed by atoms with Crippen molar-refractivity contribution in [1.29, 1.82) is 0 Å². The fraction of sp³-hybridized carbons (Fsp3) is 0.478. The molecule has 170 valence electrons. The molecule has 1 saturated heterocycles. The summed E-state index contributed by atoms with van der Waals surface area (Å²) in [5.74, 6) is 0.341. The Balaban J connectivity index is 1.73. The Morgan fingerprint density at radius 1 is 1.22 bits per heavy atom. The van der Waals surface area contributed by atoms with E-state index in [0.717, 1.165) is 36.6 Å². The number of anilines is 2. The van der Waals surface area contributed by atoms with Crippen molar-refractivity contribution in [3.05, 3.63) is 50.7 Å². The van der Waals surface area contributed by atoms with E-state index in [9.17, 15) is 14.4 Å². The number of thiazole rings is 1. The first-order chi connectivity index (χ1) is 15.4. The van der Waals surface area contributed by atoms with E-state index < -0.39 is 5.69 Å². The molecule has 0 unspecified atom stereocenters. The summed E-state index contributed by atoms with van der Waals surface area (Å²) in [7, 11) is 0. The van der Waals surface area contributed by atoms with Gasteiger partial charge in [0, 0.05) is 25.3 Å². The number of carbonyl (C=O) groups excluding carboxylic acids is 1. The Hall–Kier alpha value is -2.94. The highest BCUT2D eigenvalue weighted by Crippen LogP contribution is 2.29. The highest BCUT2D eigenvalue weighted by Gasteiger charge is 2.23. The molecule has 0 spiro atoms. The second-order valence-corrected chi connectivity index (χ2v) is 9.54. The number of fused-ring (bicyclic) bond motifs is 1. The molecule has 0 radical (unpaired) electrons. The molecule has 0 aliphatic carbocycles. The molecule has 1 amide bonds. The molecular formula is C23H29N5O3S. The zero-order chi connectivity index (χ0) is 22.8. The van der Waals surface area contributed by atoms with Gasteiger partial charge in [0.15, 0.2) is 10.8 Å². The van der Waals surface area contributed by atoms with Crippen molar-refractivity contribution in [3.8, 4) is 0 Å². The first-order valence-electron chi connectivity index (χ1n) is 11.1. The van der Waals surface area contributed by atoms with E-state index in [0.29, 0.717) is 34.9 Å². The van der Waals surface area contributed by atoms with Crippen molar-refractivity contribution >= 4 is 38.4 Å². The van der Waals surface area contributed by atoms with E-state index >= 15 is 0 Å². The minimum absolute atomic E-state index is 0.201. The van der Waals surface area contributed by atoms with Crippen LogP contribution in [0, 0.1) is 12.8 Å². The summed E-state index contributed by atoms with van der Waals surface area (Å²) in [6.45, 7) is 7.96. The molecule has 8 nitrogen and oxygen atoms in total. The number of aryl methyl sites for hydroxylation is 1. The SMILES string of the molecule is CCCn1c(=O)c2sc(N3CCC(C)CC3)nc2n(CC(=O)Nc2cccc(C)c2)c1=O. The molecule has 0 atom stereocenters. The molecule has 0 bridgehead atoms. The first-order valence-corrected chi connectivity index (χ1v) is 11.9. The van der Waals surface area contributed by atoms with E-state index in [4.69, 9.17) is 0 Å². The molecular weight excluding hydrogens is 426 g/mol. The lowest BCUT2D eigenvalue weighted by atomic mass is 10.00. The van der Waals surface area contributed by atoms with Gasteiger partial charge in [0.2, 0.25) is 5.91 Å². The van der Waals surface area contributed by atoms with Gasteiger partial charge in [-0.2, -0.15) is 0 Å². The molecule has 1 aliphatic heterocycles. The van der Waals surface area contributed by atoms with Gasteiger partial charge in [-0.1, -0.05) is 37.3 Å². The maximum absolute atomic E-state index is 13.2. The number of piperidine rings is 1. The summed E-state index contributed by atoms with van der Waals surface area (Å²) in [5, 5.41) is 3.58. The van der Waals surface area contributed by atoms with Crippen LogP contribution in [0.5, 0.6) is 0 Å². The second-order valence-electron chi connectivity index (χ2n) is 8.56. The van der Waals surface area contributed by atoms with Gasteiger partial charge in [0.25, 0.3) is 5.56 Å². The van der Waals surface area contributed by atoms with Crippen LogP contribution in [0.25, 0.3) is 10.3 Å². The molecule has 3 heterocycles. The Kier molecular flexibility index (Phi) is 6.45. The molecule has 3 aromatic rings. The minimum atomic E-state index is -0.493. The topological polar surface area (TPSA) is 89.2 Å². The van der Waals surface area contributed by atoms with Crippen LogP contribution in [0.4, 0.5) is 10.8 Å². The van der Waals surface area contributed by atoms with Crippen molar-refractivity contribution in [2.75, 3.05) is 23.3 Å². The molecule has 1 aromatic carbocycles. The summed E-state index contributed by atoms with van der Waals surface area (Å²) < 4.78 is 2.99. The smallest absolute Gasteiger partial charge is 0.333 e. The molecule has 1 aliphatic rings. The Bertz CT molecular complexity index is 1250. The molecule has 2 aromatic heterocycles. The van der Waals surface area contributed by atoms with Gasteiger partial charge in [-0.3, -0.25) is 18.7 Å². The molecule has 9 heteroatoms. The van der Waals surface area contributed by atoms with Crippen LogP contribution in [0.1, 0.15) is 38.7 Å². The molecule has 1 N–H and O–H groups in total. The maximum atomic E-state index is 13.2. The van der Waals surface area contributed by atoms with Crippen LogP contribution in [-0.4, -0.2) is 33.1 Å². The van der Waals surface area contributed by atoms with Gasteiger partial charge >= 0.3 is 5.69 Å². The second kappa shape index (κ2) is 9.28. The summed E-state index contributed by atoms with van der Waals surface area (Å²) >= 11 is 1.32. The van der Waals surface area contributed by atoms with Gasteiger partial charge in [-0.25, -0.2) is 9.78 Å². The van der Waals surface area contributed by atoms with Crippen LogP contribution in [-0.2, 0) is 17.9 Å². The zero-order valence-electron chi connectivity index (χ0n) is 18.8. The standard InChI is InChI=1S/C23H29N5O3S/c1-4-10-27-21(30)19-20(25-22(32-19)26-11-8-15(2)9-12-26)28(23(27)31)14-18(29)24-17-7-5-6-16(3)13-17/h5-7,13,15H,4,8-12,14H2,1-3H3,(H,24,29). The van der Waals surface area contributed by atoms with Gasteiger partial charge < -0.3 is 10.2 Å². The molecule has 32 heavy (non-hydrogen) atoms. The van der Waals surface area contributed by atoms with E-state index in [1.165, 1.54) is 20.5 Å². The zero-order valence-corrected chi connectivity index (χ0v) is 19.6. The van der Waals surface area contributed by atoms with Crippen molar-refractivity contribution < 1.29 is 4.79 Å². The van der Waals surface area contributed by atoms with Gasteiger partial charge in [0.1, 0.15) is 11.2 Å². The largest absolute Gasteiger partial charge is 0.348 e. The average molecular weight is 456 g/mol. The quantitative estimate of drug-likeness (QED) is 0.617. The number of amides is 1. The maximum Gasteiger partial charge on any atom is 0.333 e. The monoisotopic (exact) mass is 455 g/mol. The molecule has 0 saturated carbocycles. The number of carbonyl (C=O) groups is 1. The van der Waals surface area contributed by atoms with E-state index in [-0.39, 0.29) is 18.0 Å². The number of hydrogen-bond acceptors (Lipinski definition) is 6. The van der Waals surface area contributed by atoms with Crippen molar-refractivity contribution in [3.63, 3.8) is 0 Å². The van der Waals surface area contributed by atoms with Crippen LogP contribution in [0.15, 0.2) is 33.9 Å². The summed E-state index contributed by atoms with van der Waals surface area (Å²) in [4.78, 5) is 45.9. The third kappa shape index (κ3) is 4.48. The first kappa shape index (κ1) is 22.3. The minimum Gasteiger partial charge on any atom is -0.348 e. The van der Waals surface area contributed by atoms with Crippen LogP contribution in [0.2, 0.25) is 0 Å². The van der Waals surface area contributed by atoms with Gasteiger partial charge in [0.05, 0.1) is 0 Å². The molecule has 4 rings (SSSR count). The number of benzene rings is 1. The van der Waals surface area contributed by atoms with Crippen LogP contribution >= 0.6 is 11.3 Å². The third-order valence-electron chi connectivity index (χ3n) is 5.86. The lowest BCUT2D eigenvalue weighted by molar-refractivity contribution is -0.116. The number of nitrogens with one attached hydrogen (secondary N) is 1. The summed E-state index contributed by atoms with van der Waals surface area (Å²) in [6.07, 6.45) is 2.79. The third-order valence-corrected chi connectivity index (χ3v) is 6.95. The van der Waals surface area contributed by atoms with Crippen molar-refractivity contribution in [2.45, 2.75) is 53.1 Å². The highest BCUT2D eigenvalue weighted by atomic mass is 32.1. The van der Waals surface area contributed by atoms with Crippen molar-refractivity contribution in [1.82, 2.24) is 14.1 Å². The predicted octanol–water partition coefficient (Wildman–Crippen LogP) is 3.21. The lowest BCUT2D eigenvalue weighted by Gasteiger charge is -2.29. The van der Waals surface area contributed by atoms with E-state index in [1.54, 1.807) is 6.07 Å². The Labute approximate surface area is 190 Å². The van der Waals surface area contributed by atoms with E-state index in [1.807, 2.05) is 32.0 Å². The Morgan fingerprint density at radius 2 is 1.97 bits per heavy atom. The highest BCUT2D eigenvalue weighted by molar-refractivity contribution is 7.22. The van der Waals surface area contributed by atoms with Crippen molar-refractivity contribution in [2.24, 2.45) is 5.92 Å².